The molecule has 3 rings (SSSR count). The molecule has 0 N–H and O–H groups in total. The minimum Gasteiger partial charge on any atom is -0.469 e. The van der Waals surface area contributed by atoms with Crippen molar-refractivity contribution in [1.29, 1.82) is 0 Å². The van der Waals surface area contributed by atoms with Crippen LogP contribution in [0.3, 0.4) is 0 Å². The van der Waals surface area contributed by atoms with E-state index in [2.05, 4.69) is 0 Å². The molecule has 0 saturated carbocycles. The summed E-state index contributed by atoms with van der Waals surface area (Å²) in [4.78, 5) is 11.9. The first-order chi connectivity index (χ1) is 11.5. The number of fused-ring (bicyclic) bond motifs is 1. The van der Waals surface area contributed by atoms with Gasteiger partial charge in [-0.3, -0.25) is 4.79 Å². The van der Waals surface area contributed by atoms with E-state index in [1.165, 1.54) is 11.1 Å². The molecule has 0 fully saturated rings. The monoisotopic (exact) mass is 343 g/mol. The maximum atomic E-state index is 13.1. The van der Waals surface area contributed by atoms with Crippen LogP contribution in [0.5, 0.6) is 0 Å². The van der Waals surface area contributed by atoms with Gasteiger partial charge in [0.15, 0.2) is 0 Å². The summed E-state index contributed by atoms with van der Waals surface area (Å²) in [6.45, 7) is 1.71. The zero-order valence-corrected chi connectivity index (χ0v) is 14.2. The van der Waals surface area contributed by atoms with Gasteiger partial charge >= 0.3 is 5.97 Å². The molecular formula is C18H17NO4S. The van der Waals surface area contributed by atoms with Crippen LogP contribution < -0.4 is 0 Å². The molecule has 24 heavy (non-hydrogen) atoms. The Hall–Kier alpha value is -2.60. The van der Waals surface area contributed by atoms with Crippen molar-refractivity contribution >= 4 is 26.9 Å². The van der Waals surface area contributed by atoms with Crippen LogP contribution in [0.1, 0.15) is 11.3 Å². The minimum atomic E-state index is -3.75. The van der Waals surface area contributed by atoms with Crippen molar-refractivity contribution in [2.75, 3.05) is 7.11 Å². The van der Waals surface area contributed by atoms with Crippen molar-refractivity contribution in [2.45, 2.75) is 18.2 Å². The number of ether oxygens (including phenoxy) is 1. The lowest BCUT2D eigenvalue weighted by Gasteiger charge is -2.10. The van der Waals surface area contributed by atoms with Crippen molar-refractivity contribution in [3.05, 3.63) is 65.9 Å². The highest BCUT2D eigenvalue weighted by Crippen LogP contribution is 2.30. The first kappa shape index (κ1) is 16.3. The molecule has 0 atom stereocenters. The highest BCUT2D eigenvalue weighted by molar-refractivity contribution is 7.90. The number of hydrogen-bond donors (Lipinski definition) is 0. The van der Waals surface area contributed by atoms with Crippen LogP contribution in [0.2, 0.25) is 0 Å². The standard InChI is InChI=1S/C18H17NO4S/c1-13-16(12-18(20)23-2)15-10-6-7-11-17(15)19(13)24(21,22)14-8-4-3-5-9-14/h3-11H,12H2,1-2H3. The zero-order chi connectivity index (χ0) is 17.3. The van der Waals surface area contributed by atoms with Gasteiger partial charge in [0.2, 0.25) is 0 Å². The number of esters is 1. The van der Waals surface area contributed by atoms with Crippen LogP contribution in [-0.2, 0) is 26.0 Å². The lowest BCUT2D eigenvalue weighted by atomic mass is 10.1. The van der Waals surface area contributed by atoms with E-state index in [0.717, 1.165) is 5.39 Å². The maximum Gasteiger partial charge on any atom is 0.310 e. The second-order valence-corrected chi connectivity index (χ2v) is 7.20. The summed E-state index contributed by atoms with van der Waals surface area (Å²) in [5, 5.41) is 0.736. The molecule has 3 aromatic rings. The highest BCUT2D eigenvalue weighted by Gasteiger charge is 2.25. The third-order valence-corrected chi connectivity index (χ3v) is 5.84. The van der Waals surface area contributed by atoms with E-state index >= 15 is 0 Å². The van der Waals surface area contributed by atoms with Gasteiger partial charge in [0.05, 0.1) is 23.9 Å². The summed E-state index contributed by atoms with van der Waals surface area (Å²) in [5.41, 5.74) is 1.74. The average molecular weight is 343 g/mol. The molecule has 0 spiro atoms. The van der Waals surface area contributed by atoms with Crippen molar-refractivity contribution in [2.24, 2.45) is 0 Å². The van der Waals surface area contributed by atoms with Crippen LogP contribution in [-0.4, -0.2) is 25.5 Å². The average Bonchev–Trinajstić information content (AvgIpc) is 2.88. The zero-order valence-electron chi connectivity index (χ0n) is 13.4. The van der Waals surface area contributed by atoms with Crippen molar-refractivity contribution < 1.29 is 17.9 Å². The van der Waals surface area contributed by atoms with Gasteiger partial charge in [0.25, 0.3) is 10.0 Å². The quantitative estimate of drug-likeness (QED) is 0.683. The normalized spacial score (nSPS) is 11.6. The second kappa shape index (κ2) is 6.13. The first-order valence-electron chi connectivity index (χ1n) is 7.43. The third-order valence-electron chi connectivity index (χ3n) is 4.02. The molecule has 0 amide bonds. The van der Waals surface area contributed by atoms with E-state index in [-0.39, 0.29) is 11.3 Å². The Balaban J connectivity index is 2.30. The fourth-order valence-electron chi connectivity index (χ4n) is 2.85. The Bertz CT molecular complexity index is 1000. The Labute approximate surface area is 140 Å². The van der Waals surface area contributed by atoms with Gasteiger partial charge in [0, 0.05) is 11.1 Å². The number of benzene rings is 2. The number of carbonyl (C=O) groups is 1. The molecule has 5 nitrogen and oxygen atoms in total. The van der Waals surface area contributed by atoms with Gasteiger partial charge in [-0.25, -0.2) is 12.4 Å². The largest absolute Gasteiger partial charge is 0.469 e. The number of carbonyl (C=O) groups excluding carboxylic acids is 1. The maximum absolute atomic E-state index is 13.1. The van der Waals surface area contributed by atoms with E-state index < -0.39 is 16.0 Å². The molecule has 1 heterocycles. The Kier molecular flexibility index (Phi) is 4.15. The number of rotatable bonds is 4. The van der Waals surface area contributed by atoms with E-state index in [1.54, 1.807) is 49.4 Å². The lowest BCUT2D eigenvalue weighted by Crippen LogP contribution is -2.15. The highest BCUT2D eigenvalue weighted by atomic mass is 32.2. The molecule has 2 aromatic carbocycles. The predicted octanol–water partition coefficient (Wildman–Crippen LogP) is 2.90. The number of methoxy groups -OCH3 is 1. The fourth-order valence-corrected chi connectivity index (χ4v) is 4.45. The molecule has 6 heteroatoms. The van der Waals surface area contributed by atoms with Crippen LogP contribution in [0.15, 0.2) is 59.5 Å². The molecule has 0 radical (unpaired) electrons. The lowest BCUT2D eigenvalue weighted by molar-refractivity contribution is -0.139. The van der Waals surface area contributed by atoms with Gasteiger partial charge < -0.3 is 4.74 Å². The van der Waals surface area contributed by atoms with E-state index in [0.29, 0.717) is 16.8 Å². The summed E-state index contributed by atoms with van der Waals surface area (Å²) >= 11 is 0. The van der Waals surface area contributed by atoms with Gasteiger partial charge in [0.1, 0.15) is 0 Å². The Morgan fingerprint density at radius 3 is 2.33 bits per heavy atom. The molecule has 0 unspecified atom stereocenters. The third kappa shape index (κ3) is 2.59. The summed E-state index contributed by atoms with van der Waals surface area (Å²) in [6.07, 6.45) is 0.0279. The van der Waals surface area contributed by atoms with Crippen LogP contribution >= 0.6 is 0 Å². The van der Waals surface area contributed by atoms with Gasteiger partial charge in [-0.05, 0) is 30.7 Å². The number of hydrogen-bond acceptors (Lipinski definition) is 4. The molecule has 0 aliphatic heterocycles. The predicted molar refractivity (Wildman–Crippen MR) is 91.4 cm³/mol. The summed E-state index contributed by atoms with van der Waals surface area (Å²) < 4.78 is 32.2. The van der Waals surface area contributed by atoms with E-state index in [9.17, 15) is 13.2 Å². The fraction of sp³-hybridized carbons (Fsp3) is 0.167. The van der Waals surface area contributed by atoms with Crippen LogP contribution in [0.25, 0.3) is 10.9 Å². The second-order valence-electron chi connectivity index (χ2n) is 5.42. The summed E-state index contributed by atoms with van der Waals surface area (Å²) in [7, 11) is -2.44. The number of para-hydroxylation sites is 1. The van der Waals surface area contributed by atoms with Gasteiger partial charge in [-0.1, -0.05) is 36.4 Å². The van der Waals surface area contributed by atoms with Crippen molar-refractivity contribution in [3.8, 4) is 0 Å². The smallest absolute Gasteiger partial charge is 0.310 e. The van der Waals surface area contributed by atoms with Crippen molar-refractivity contribution in [1.82, 2.24) is 3.97 Å². The Morgan fingerprint density at radius 1 is 1.04 bits per heavy atom. The molecule has 1 aromatic heterocycles. The number of aromatic nitrogens is 1. The summed E-state index contributed by atoms with van der Waals surface area (Å²) in [5.74, 6) is -0.405. The van der Waals surface area contributed by atoms with Gasteiger partial charge in [-0.15, -0.1) is 0 Å². The molecule has 0 bridgehead atoms. The van der Waals surface area contributed by atoms with Crippen LogP contribution in [0.4, 0.5) is 0 Å². The van der Waals surface area contributed by atoms with Crippen LogP contribution in [0, 0.1) is 6.92 Å². The minimum absolute atomic E-state index is 0.0279. The summed E-state index contributed by atoms with van der Waals surface area (Å²) in [6, 6.07) is 15.4. The molecule has 124 valence electrons. The molecule has 0 aliphatic carbocycles. The first-order valence-corrected chi connectivity index (χ1v) is 8.87. The number of nitrogens with zero attached hydrogens (tertiary/aromatic N) is 1. The molecule has 0 saturated heterocycles. The van der Waals surface area contributed by atoms with Gasteiger partial charge in [-0.2, -0.15) is 0 Å². The SMILES string of the molecule is COC(=O)Cc1c(C)n(S(=O)(=O)c2ccccc2)c2ccccc12. The Morgan fingerprint density at radius 2 is 1.67 bits per heavy atom. The van der Waals surface area contributed by atoms with Crippen molar-refractivity contribution in [3.63, 3.8) is 0 Å². The molecular weight excluding hydrogens is 326 g/mol. The van der Waals surface area contributed by atoms with E-state index in [4.69, 9.17) is 4.74 Å². The topological polar surface area (TPSA) is 65.4 Å². The van der Waals surface area contributed by atoms with E-state index in [1.807, 2.05) is 12.1 Å². The molecule has 0 aliphatic rings.